The minimum Gasteiger partial charge on any atom is -0.399 e. The first-order valence-corrected chi connectivity index (χ1v) is 7.25. The van der Waals surface area contributed by atoms with Gasteiger partial charge in [-0.15, -0.1) is 0 Å². The highest BCUT2D eigenvalue weighted by Crippen LogP contribution is 2.36. The van der Waals surface area contributed by atoms with Crippen molar-refractivity contribution in [1.82, 2.24) is 4.90 Å². The first-order valence-electron chi connectivity index (χ1n) is 7.25. The van der Waals surface area contributed by atoms with Crippen LogP contribution in [0.2, 0.25) is 0 Å². The number of carbonyl (C=O) groups excluding carboxylic acids is 1. The molecule has 0 radical (unpaired) electrons. The quantitative estimate of drug-likeness (QED) is 0.654. The molecule has 7 heteroatoms. The molecule has 1 heterocycles. The van der Waals surface area contributed by atoms with Crippen molar-refractivity contribution >= 4 is 24.3 Å². The van der Waals surface area contributed by atoms with Crippen LogP contribution in [-0.2, 0) is 9.31 Å². The van der Waals surface area contributed by atoms with Gasteiger partial charge in [0.15, 0.2) is 0 Å². The van der Waals surface area contributed by atoms with E-state index in [4.69, 9.17) is 14.4 Å². The maximum absolute atomic E-state index is 11.7. The van der Waals surface area contributed by atoms with Crippen LogP contribution < -0.4 is 10.8 Å². The zero-order chi connectivity index (χ0) is 16.5. The van der Waals surface area contributed by atoms with Crippen molar-refractivity contribution in [2.45, 2.75) is 38.9 Å². The summed E-state index contributed by atoms with van der Waals surface area (Å²) >= 11 is 0. The smallest absolute Gasteiger partial charge is 0.399 e. The molecule has 22 heavy (non-hydrogen) atoms. The Balaban J connectivity index is 2.06. The maximum Gasteiger partial charge on any atom is 0.494 e. The standard InChI is InChI=1S/C15H23BN2O4/c1-14(2)15(3,4)22-16(21-14)11-6-8-12(9-7-11)17-13(20)18(5)10-19/h6-9,19H,10H2,1-5H3,(H,17,20). The van der Waals surface area contributed by atoms with Gasteiger partial charge in [0.25, 0.3) is 0 Å². The molecule has 0 bridgehead atoms. The maximum atomic E-state index is 11.7. The Morgan fingerprint density at radius 3 is 2.14 bits per heavy atom. The summed E-state index contributed by atoms with van der Waals surface area (Å²) < 4.78 is 12.0. The van der Waals surface area contributed by atoms with E-state index >= 15 is 0 Å². The topological polar surface area (TPSA) is 71.0 Å². The monoisotopic (exact) mass is 306 g/mol. The Labute approximate surface area is 131 Å². The fraction of sp³-hybridized carbons (Fsp3) is 0.533. The molecular formula is C15H23BN2O4. The molecular weight excluding hydrogens is 283 g/mol. The summed E-state index contributed by atoms with van der Waals surface area (Å²) in [4.78, 5) is 12.8. The Morgan fingerprint density at radius 1 is 1.18 bits per heavy atom. The van der Waals surface area contributed by atoms with Crippen molar-refractivity contribution in [2.75, 3.05) is 19.1 Å². The molecule has 120 valence electrons. The number of nitrogens with zero attached hydrogens (tertiary/aromatic N) is 1. The molecule has 2 N–H and O–H groups in total. The summed E-state index contributed by atoms with van der Waals surface area (Å²) in [6.45, 7) is 7.69. The van der Waals surface area contributed by atoms with E-state index in [0.717, 1.165) is 5.46 Å². The van der Waals surface area contributed by atoms with Crippen LogP contribution in [0.5, 0.6) is 0 Å². The number of amides is 2. The van der Waals surface area contributed by atoms with Crippen LogP contribution in [0.4, 0.5) is 10.5 Å². The first kappa shape index (κ1) is 16.8. The van der Waals surface area contributed by atoms with Crippen LogP contribution in [0.3, 0.4) is 0 Å². The second kappa shape index (κ2) is 5.91. The van der Waals surface area contributed by atoms with E-state index < -0.39 is 7.12 Å². The lowest BCUT2D eigenvalue weighted by Gasteiger charge is -2.32. The van der Waals surface area contributed by atoms with Crippen molar-refractivity contribution < 1.29 is 19.2 Å². The number of benzene rings is 1. The van der Waals surface area contributed by atoms with Crippen molar-refractivity contribution in [3.8, 4) is 0 Å². The number of urea groups is 1. The number of aliphatic hydroxyl groups excluding tert-OH is 1. The van der Waals surface area contributed by atoms with E-state index in [1.165, 1.54) is 11.9 Å². The number of rotatable bonds is 3. The molecule has 0 aromatic heterocycles. The number of aliphatic hydroxyl groups is 1. The van der Waals surface area contributed by atoms with Crippen LogP contribution in [0, 0.1) is 0 Å². The summed E-state index contributed by atoms with van der Waals surface area (Å²) in [6.07, 6.45) is 0. The number of anilines is 1. The van der Waals surface area contributed by atoms with Crippen molar-refractivity contribution in [1.29, 1.82) is 0 Å². The third-order valence-corrected chi connectivity index (χ3v) is 4.25. The molecule has 1 aromatic carbocycles. The summed E-state index contributed by atoms with van der Waals surface area (Å²) in [5, 5.41) is 11.6. The van der Waals surface area contributed by atoms with Gasteiger partial charge >= 0.3 is 13.1 Å². The Hall–Kier alpha value is -1.57. The average molecular weight is 306 g/mol. The zero-order valence-electron chi connectivity index (χ0n) is 13.7. The summed E-state index contributed by atoms with van der Waals surface area (Å²) in [7, 11) is 1.09. The van der Waals surface area contributed by atoms with Gasteiger partial charge in [-0.3, -0.25) is 0 Å². The average Bonchev–Trinajstić information content (AvgIpc) is 2.67. The highest BCUT2D eigenvalue weighted by molar-refractivity contribution is 6.62. The molecule has 1 aliphatic heterocycles. The molecule has 1 aromatic rings. The molecule has 0 spiro atoms. The minimum absolute atomic E-state index is 0.335. The van der Waals surface area contributed by atoms with Gasteiger partial charge in [0.05, 0.1) is 11.2 Å². The van der Waals surface area contributed by atoms with Crippen LogP contribution in [0.1, 0.15) is 27.7 Å². The van der Waals surface area contributed by atoms with Crippen LogP contribution in [0.25, 0.3) is 0 Å². The minimum atomic E-state index is -0.421. The summed E-state index contributed by atoms with van der Waals surface area (Å²) in [5.41, 5.74) is 0.778. The third-order valence-electron chi connectivity index (χ3n) is 4.25. The van der Waals surface area contributed by atoms with E-state index in [2.05, 4.69) is 5.32 Å². The lowest BCUT2D eigenvalue weighted by molar-refractivity contribution is 0.00578. The van der Waals surface area contributed by atoms with E-state index in [-0.39, 0.29) is 24.0 Å². The lowest BCUT2D eigenvalue weighted by Crippen LogP contribution is -2.41. The molecule has 1 aliphatic rings. The molecule has 0 aliphatic carbocycles. The lowest BCUT2D eigenvalue weighted by atomic mass is 9.79. The number of carbonyl (C=O) groups is 1. The van der Waals surface area contributed by atoms with Gasteiger partial charge in [-0.1, -0.05) is 12.1 Å². The summed E-state index contributed by atoms with van der Waals surface area (Å²) in [5.74, 6) is 0. The van der Waals surface area contributed by atoms with Crippen molar-refractivity contribution in [3.63, 3.8) is 0 Å². The van der Waals surface area contributed by atoms with E-state index in [0.29, 0.717) is 5.69 Å². The zero-order valence-corrected chi connectivity index (χ0v) is 13.7. The number of hydrogen-bond donors (Lipinski definition) is 2. The molecule has 2 rings (SSSR count). The SMILES string of the molecule is CN(CO)C(=O)Nc1ccc(B2OC(C)(C)C(C)(C)O2)cc1. The predicted octanol–water partition coefficient (Wildman–Crippen LogP) is 1.40. The molecule has 0 atom stereocenters. The van der Waals surface area contributed by atoms with E-state index in [1.54, 1.807) is 12.1 Å². The van der Waals surface area contributed by atoms with Gasteiger partial charge < -0.3 is 24.6 Å². The number of hydrogen-bond acceptors (Lipinski definition) is 4. The van der Waals surface area contributed by atoms with Crippen LogP contribution >= 0.6 is 0 Å². The highest BCUT2D eigenvalue weighted by atomic mass is 16.7. The largest absolute Gasteiger partial charge is 0.494 e. The molecule has 0 unspecified atom stereocenters. The van der Waals surface area contributed by atoms with Gasteiger partial charge in [-0.05, 0) is 45.3 Å². The van der Waals surface area contributed by atoms with E-state index in [1.807, 2.05) is 39.8 Å². The van der Waals surface area contributed by atoms with Gasteiger partial charge in [0.2, 0.25) is 0 Å². The number of nitrogens with one attached hydrogen (secondary N) is 1. The predicted molar refractivity (Wildman–Crippen MR) is 86.0 cm³/mol. The van der Waals surface area contributed by atoms with Crippen molar-refractivity contribution in [3.05, 3.63) is 24.3 Å². The van der Waals surface area contributed by atoms with Gasteiger partial charge in [0.1, 0.15) is 6.73 Å². The molecule has 6 nitrogen and oxygen atoms in total. The summed E-state index contributed by atoms with van der Waals surface area (Å²) in [6, 6.07) is 6.91. The fourth-order valence-electron chi connectivity index (χ4n) is 1.99. The Morgan fingerprint density at radius 2 is 1.68 bits per heavy atom. The molecule has 1 saturated heterocycles. The van der Waals surface area contributed by atoms with Gasteiger partial charge in [0, 0.05) is 12.7 Å². The van der Waals surface area contributed by atoms with E-state index in [9.17, 15) is 4.79 Å². The normalized spacial score (nSPS) is 19.1. The van der Waals surface area contributed by atoms with Crippen molar-refractivity contribution in [2.24, 2.45) is 0 Å². The van der Waals surface area contributed by atoms with Gasteiger partial charge in [-0.25, -0.2) is 4.79 Å². The molecule has 1 fully saturated rings. The first-order chi connectivity index (χ1) is 10.2. The Bertz CT molecular complexity index is 529. The second-order valence-corrected chi connectivity index (χ2v) is 6.48. The highest BCUT2D eigenvalue weighted by Gasteiger charge is 2.51. The fourth-order valence-corrected chi connectivity index (χ4v) is 1.99. The van der Waals surface area contributed by atoms with Gasteiger partial charge in [-0.2, -0.15) is 0 Å². The second-order valence-electron chi connectivity index (χ2n) is 6.48. The molecule has 2 amide bonds. The third kappa shape index (κ3) is 3.26. The Kier molecular flexibility index (Phi) is 4.51. The van der Waals surface area contributed by atoms with Crippen LogP contribution in [0.15, 0.2) is 24.3 Å². The van der Waals surface area contributed by atoms with Crippen LogP contribution in [-0.4, -0.2) is 48.1 Å². The molecule has 0 saturated carbocycles.